The molecule has 6 nitrogen and oxygen atoms in total. The largest absolute Gasteiger partial charge is 0.376 e. The second kappa shape index (κ2) is 6.86. The first-order valence-corrected chi connectivity index (χ1v) is 9.09. The van der Waals surface area contributed by atoms with Crippen molar-refractivity contribution >= 4 is 23.1 Å². The molecule has 0 unspecified atom stereocenters. The van der Waals surface area contributed by atoms with Crippen LogP contribution in [0.1, 0.15) is 11.3 Å². The normalized spacial score (nSPS) is 25.7. The molecule has 4 heterocycles. The molecule has 126 valence electrons. The number of hydrogen-bond acceptors (Lipinski definition) is 6. The Hall–Kier alpha value is -1.99. The van der Waals surface area contributed by atoms with E-state index in [4.69, 9.17) is 4.74 Å². The molecular formula is C17H20N4O2S. The second-order valence-electron chi connectivity index (χ2n) is 6.33. The number of thiophene rings is 1. The molecule has 2 aromatic heterocycles. The Bertz CT molecular complexity index is 679. The van der Waals surface area contributed by atoms with E-state index in [1.165, 1.54) is 4.88 Å². The van der Waals surface area contributed by atoms with Crippen LogP contribution in [0.15, 0.2) is 36.1 Å². The van der Waals surface area contributed by atoms with Crippen molar-refractivity contribution in [2.45, 2.75) is 19.1 Å². The Morgan fingerprint density at radius 3 is 3.17 bits per heavy atom. The number of aromatic nitrogens is 2. The van der Waals surface area contributed by atoms with Crippen LogP contribution in [0.4, 0.5) is 5.82 Å². The van der Waals surface area contributed by atoms with Gasteiger partial charge in [-0.2, -0.15) is 0 Å². The van der Waals surface area contributed by atoms with Gasteiger partial charge in [0, 0.05) is 36.5 Å². The summed E-state index contributed by atoms with van der Waals surface area (Å²) in [6.45, 7) is 3.03. The summed E-state index contributed by atoms with van der Waals surface area (Å²) in [4.78, 5) is 23.9. The highest BCUT2D eigenvalue weighted by Crippen LogP contribution is 2.36. The molecule has 2 saturated heterocycles. The molecule has 7 heteroatoms. The SMILES string of the molecule is O=C(C[C@H]1CO[C@@H]2CN(c3ccncn3)C[C@H]12)NCc1cccs1. The van der Waals surface area contributed by atoms with Crippen molar-refractivity contribution in [1.29, 1.82) is 0 Å². The molecule has 0 saturated carbocycles. The van der Waals surface area contributed by atoms with E-state index in [-0.39, 0.29) is 17.9 Å². The van der Waals surface area contributed by atoms with E-state index in [1.54, 1.807) is 23.9 Å². The highest BCUT2D eigenvalue weighted by atomic mass is 32.1. The fraction of sp³-hybridized carbons (Fsp3) is 0.471. The molecule has 3 atom stereocenters. The molecule has 2 aromatic rings. The summed E-state index contributed by atoms with van der Waals surface area (Å²) in [5.74, 6) is 1.72. The highest BCUT2D eigenvalue weighted by molar-refractivity contribution is 7.09. The number of ether oxygens (including phenoxy) is 1. The van der Waals surface area contributed by atoms with Crippen LogP contribution in [0.5, 0.6) is 0 Å². The Kier molecular flexibility index (Phi) is 4.44. The summed E-state index contributed by atoms with van der Waals surface area (Å²) >= 11 is 1.66. The van der Waals surface area contributed by atoms with E-state index in [9.17, 15) is 4.79 Å². The maximum Gasteiger partial charge on any atom is 0.220 e. The van der Waals surface area contributed by atoms with Gasteiger partial charge in [-0.05, 0) is 23.4 Å². The number of nitrogens with zero attached hydrogens (tertiary/aromatic N) is 3. The Balaban J connectivity index is 1.32. The van der Waals surface area contributed by atoms with Crippen LogP contribution in [0, 0.1) is 11.8 Å². The number of rotatable bonds is 5. The molecule has 0 aromatic carbocycles. The third kappa shape index (κ3) is 3.27. The van der Waals surface area contributed by atoms with E-state index in [2.05, 4.69) is 20.2 Å². The third-order valence-corrected chi connectivity index (χ3v) is 5.69. The zero-order valence-electron chi connectivity index (χ0n) is 13.3. The topological polar surface area (TPSA) is 67.3 Å². The summed E-state index contributed by atoms with van der Waals surface area (Å²) in [5.41, 5.74) is 0. The minimum absolute atomic E-state index is 0.109. The van der Waals surface area contributed by atoms with Crippen LogP contribution in [0.3, 0.4) is 0 Å². The fourth-order valence-electron chi connectivity index (χ4n) is 3.58. The van der Waals surface area contributed by atoms with E-state index >= 15 is 0 Å². The monoisotopic (exact) mass is 344 g/mol. The molecule has 4 rings (SSSR count). The Morgan fingerprint density at radius 2 is 2.38 bits per heavy atom. The molecule has 24 heavy (non-hydrogen) atoms. The lowest BCUT2D eigenvalue weighted by Gasteiger charge is -2.20. The third-order valence-electron chi connectivity index (χ3n) is 4.82. The van der Waals surface area contributed by atoms with Crippen molar-refractivity contribution < 1.29 is 9.53 Å². The Morgan fingerprint density at radius 1 is 1.42 bits per heavy atom. The first-order valence-electron chi connectivity index (χ1n) is 8.21. The molecule has 2 fully saturated rings. The van der Waals surface area contributed by atoms with Crippen LogP contribution in [-0.2, 0) is 16.1 Å². The molecule has 0 bridgehead atoms. The van der Waals surface area contributed by atoms with E-state index in [0.717, 1.165) is 18.9 Å². The number of anilines is 1. The summed E-state index contributed by atoms with van der Waals surface area (Å²) < 4.78 is 5.93. The van der Waals surface area contributed by atoms with Crippen LogP contribution in [-0.4, -0.2) is 41.7 Å². The Labute approximate surface area is 144 Å². The van der Waals surface area contributed by atoms with E-state index in [1.807, 2.05) is 23.6 Å². The number of nitrogens with one attached hydrogen (secondary N) is 1. The molecule has 0 radical (unpaired) electrons. The van der Waals surface area contributed by atoms with Crippen LogP contribution >= 0.6 is 11.3 Å². The van der Waals surface area contributed by atoms with Gasteiger partial charge < -0.3 is 15.0 Å². The van der Waals surface area contributed by atoms with Crippen molar-refractivity contribution in [1.82, 2.24) is 15.3 Å². The van der Waals surface area contributed by atoms with Gasteiger partial charge in [0.25, 0.3) is 0 Å². The maximum absolute atomic E-state index is 12.2. The van der Waals surface area contributed by atoms with Gasteiger partial charge in [-0.1, -0.05) is 6.07 Å². The zero-order valence-corrected chi connectivity index (χ0v) is 14.1. The van der Waals surface area contributed by atoms with Crippen LogP contribution in [0.25, 0.3) is 0 Å². The number of amides is 1. The van der Waals surface area contributed by atoms with Gasteiger partial charge in [0.05, 0.1) is 19.3 Å². The smallest absolute Gasteiger partial charge is 0.220 e. The molecule has 1 amide bonds. The van der Waals surface area contributed by atoms with Crippen molar-refractivity contribution in [2.75, 3.05) is 24.6 Å². The zero-order chi connectivity index (χ0) is 16.4. The highest BCUT2D eigenvalue weighted by Gasteiger charge is 2.44. The molecule has 1 N–H and O–H groups in total. The van der Waals surface area contributed by atoms with Crippen LogP contribution in [0.2, 0.25) is 0 Å². The quantitative estimate of drug-likeness (QED) is 0.894. The standard InChI is InChI=1S/C17H20N4O2S/c22-17(19-7-13-2-1-5-24-13)6-12-10-23-15-9-21(8-14(12)15)16-3-4-18-11-20-16/h1-5,11-12,14-15H,6-10H2,(H,19,22)/t12-,14+,15+/m0/s1. The molecule has 2 aliphatic heterocycles. The van der Waals surface area contributed by atoms with Gasteiger partial charge >= 0.3 is 0 Å². The number of carbonyl (C=O) groups excluding carboxylic acids is 1. The predicted octanol–water partition coefficient (Wildman–Crippen LogP) is 1.70. The van der Waals surface area contributed by atoms with Crippen molar-refractivity contribution in [2.24, 2.45) is 11.8 Å². The lowest BCUT2D eigenvalue weighted by atomic mass is 9.90. The lowest BCUT2D eigenvalue weighted by Crippen LogP contribution is -2.29. The molecule has 2 aliphatic rings. The minimum Gasteiger partial charge on any atom is -0.376 e. The molecule has 0 spiro atoms. The average Bonchev–Trinajstić information content (AvgIpc) is 3.32. The molecular weight excluding hydrogens is 324 g/mol. The van der Waals surface area contributed by atoms with Gasteiger partial charge in [-0.15, -0.1) is 11.3 Å². The molecule has 0 aliphatic carbocycles. The average molecular weight is 344 g/mol. The van der Waals surface area contributed by atoms with Crippen molar-refractivity contribution in [3.63, 3.8) is 0 Å². The lowest BCUT2D eigenvalue weighted by molar-refractivity contribution is -0.122. The van der Waals surface area contributed by atoms with E-state index < -0.39 is 0 Å². The minimum atomic E-state index is 0.109. The summed E-state index contributed by atoms with van der Waals surface area (Å²) in [5, 5.41) is 5.04. The van der Waals surface area contributed by atoms with Gasteiger partial charge in [0.2, 0.25) is 5.91 Å². The number of hydrogen-bond donors (Lipinski definition) is 1. The van der Waals surface area contributed by atoms with Crippen molar-refractivity contribution in [3.8, 4) is 0 Å². The van der Waals surface area contributed by atoms with E-state index in [0.29, 0.717) is 25.5 Å². The van der Waals surface area contributed by atoms with Gasteiger partial charge in [0.1, 0.15) is 12.1 Å². The summed E-state index contributed by atoms with van der Waals surface area (Å²) in [7, 11) is 0. The first-order chi connectivity index (χ1) is 11.8. The van der Waals surface area contributed by atoms with Gasteiger partial charge in [-0.25, -0.2) is 9.97 Å². The van der Waals surface area contributed by atoms with Gasteiger partial charge in [0.15, 0.2) is 0 Å². The maximum atomic E-state index is 12.2. The first kappa shape index (κ1) is 15.5. The summed E-state index contributed by atoms with van der Waals surface area (Å²) in [6, 6.07) is 5.96. The van der Waals surface area contributed by atoms with Gasteiger partial charge in [-0.3, -0.25) is 4.79 Å². The summed E-state index contributed by atoms with van der Waals surface area (Å²) in [6.07, 6.45) is 4.06. The number of carbonyl (C=O) groups is 1. The fourth-order valence-corrected chi connectivity index (χ4v) is 4.22. The van der Waals surface area contributed by atoms with Crippen LogP contribution < -0.4 is 10.2 Å². The van der Waals surface area contributed by atoms with Crippen molar-refractivity contribution in [3.05, 3.63) is 41.0 Å². The predicted molar refractivity (Wildman–Crippen MR) is 91.7 cm³/mol. The second-order valence-corrected chi connectivity index (χ2v) is 7.36. The number of fused-ring (bicyclic) bond motifs is 1.